The second-order valence-corrected chi connectivity index (χ2v) is 8.89. The number of benzene rings is 2. The molecular formula is C23H22FNO4S2. The number of carbonyl (C=O) groups is 1. The SMILES string of the molecule is COc1cc(/C=C2\SC(=S)N(C[C@@H]3CCCO3)C2=O)ccc1OCc1ccccc1F. The predicted octanol–water partition coefficient (Wildman–Crippen LogP) is 4.79. The van der Waals surface area contributed by atoms with Crippen LogP contribution in [0.1, 0.15) is 24.0 Å². The molecule has 2 fully saturated rings. The van der Waals surface area contributed by atoms with Crippen molar-refractivity contribution in [3.05, 3.63) is 64.3 Å². The van der Waals surface area contributed by atoms with E-state index in [1.165, 1.54) is 24.9 Å². The smallest absolute Gasteiger partial charge is 0.266 e. The lowest BCUT2D eigenvalue weighted by molar-refractivity contribution is -0.123. The summed E-state index contributed by atoms with van der Waals surface area (Å²) in [6.45, 7) is 1.32. The average Bonchev–Trinajstić information content (AvgIpc) is 3.38. The molecule has 8 heteroatoms. The molecule has 0 bridgehead atoms. The lowest BCUT2D eigenvalue weighted by atomic mass is 10.1. The van der Waals surface area contributed by atoms with Gasteiger partial charge in [-0.1, -0.05) is 48.2 Å². The Morgan fingerprint density at radius 3 is 2.87 bits per heavy atom. The normalized spacial score (nSPS) is 20.0. The molecule has 0 unspecified atom stereocenters. The van der Waals surface area contributed by atoms with Crippen molar-refractivity contribution in [1.82, 2.24) is 4.90 Å². The molecule has 2 aromatic rings. The molecule has 2 saturated heterocycles. The molecule has 0 saturated carbocycles. The molecule has 0 N–H and O–H groups in total. The Kier molecular flexibility index (Phi) is 6.89. The number of nitrogens with zero attached hydrogens (tertiary/aromatic N) is 1. The zero-order valence-corrected chi connectivity index (χ0v) is 18.6. The molecular weight excluding hydrogens is 437 g/mol. The number of ether oxygens (including phenoxy) is 3. The van der Waals surface area contributed by atoms with Crippen molar-refractivity contribution >= 4 is 40.3 Å². The van der Waals surface area contributed by atoms with E-state index in [2.05, 4.69) is 0 Å². The van der Waals surface area contributed by atoms with E-state index < -0.39 is 0 Å². The molecule has 0 aromatic heterocycles. The third-order valence-electron chi connectivity index (χ3n) is 5.11. The Morgan fingerprint density at radius 1 is 1.29 bits per heavy atom. The van der Waals surface area contributed by atoms with Crippen molar-refractivity contribution in [3.63, 3.8) is 0 Å². The van der Waals surface area contributed by atoms with E-state index in [0.29, 0.717) is 32.8 Å². The summed E-state index contributed by atoms with van der Waals surface area (Å²) in [5, 5.41) is 0. The lowest BCUT2D eigenvalue weighted by Crippen LogP contribution is -2.35. The van der Waals surface area contributed by atoms with E-state index in [1.807, 2.05) is 6.07 Å². The van der Waals surface area contributed by atoms with Gasteiger partial charge in [-0.25, -0.2) is 4.39 Å². The number of thiocarbonyl (C=S) groups is 1. The van der Waals surface area contributed by atoms with Crippen molar-refractivity contribution in [3.8, 4) is 11.5 Å². The average molecular weight is 460 g/mol. The van der Waals surface area contributed by atoms with Gasteiger partial charge in [-0.2, -0.15) is 0 Å². The first-order valence-corrected chi connectivity index (χ1v) is 11.2. The van der Waals surface area contributed by atoms with Gasteiger partial charge in [0.2, 0.25) is 0 Å². The number of thioether (sulfide) groups is 1. The van der Waals surface area contributed by atoms with Crippen LogP contribution in [0, 0.1) is 5.82 Å². The van der Waals surface area contributed by atoms with Crippen LogP contribution in [0.3, 0.4) is 0 Å². The molecule has 2 aromatic carbocycles. The summed E-state index contributed by atoms with van der Waals surface area (Å²) in [7, 11) is 1.54. The Labute approximate surface area is 190 Å². The van der Waals surface area contributed by atoms with E-state index in [0.717, 1.165) is 25.0 Å². The minimum Gasteiger partial charge on any atom is -0.493 e. The summed E-state index contributed by atoms with van der Waals surface area (Å²) < 4.78 is 31.2. The fourth-order valence-corrected chi connectivity index (χ4v) is 4.74. The van der Waals surface area contributed by atoms with Gasteiger partial charge in [-0.15, -0.1) is 0 Å². The highest BCUT2D eigenvalue weighted by Gasteiger charge is 2.34. The van der Waals surface area contributed by atoms with Gasteiger partial charge in [0.25, 0.3) is 5.91 Å². The Balaban J connectivity index is 1.47. The van der Waals surface area contributed by atoms with Crippen LogP contribution in [0.15, 0.2) is 47.4 Å². The van der Waals surface area contributed by atoms with Crippen LogP contribution >= 0.6 is 24.0 Å². The highest BCUT2D eigenvalue weighted by atomic mass is 32.2. The quantitative estimate of drug-likeness (QED) is 0.438. The molecule has 0 radical (unpaired) electrons. The fourth-order valence-electron chi connectivity index (χ4n) is 3.46. The molecule has 4 rings (SSSR count). The van der Waals surface area contributed by atoms with Gasteiger partial charge in [0.1, 0.15) is 16.7 Å². The zero-order chi connectivity index (χ0) is 21.8. The minimum atomic E-state index is -0.317. The van der Waals surface area contributed by atoms with E-state index in [4.69, 9.17) is 26.4 Å². The summed E-state index contributed by atoms with van der Waals surface area (Å²) in [6, 6.07) is 11.8. The molecule has 0 spiro atoms. The van der Waals surface area contributed by atoms with Crippen LogP contribution < -0.4 is 9.47 Å². The van der Waals surface area contributed by atoms with E-state index in [1.54, 1.807) is 41.3 Å². The number of amides is 1. The van der Waals surface area contributed by atoms with Gasteiger partial charge in [-0.3, -0.25) is 9.69 Å². The first kappa shape index (κ1) is 21.8. The molecule has 31 heavy (non-hydrogen) atoms. The molecule has 162 valence electrons. The van der Waals surface area contributed by atoms with Crippen LogP contribution in [-0.2, 0) is 16.1 Å². The van der Waals surface area contributed by atoms with Gasteiger partial charge >= 0.3 is 0 Å². The number of carbonyl (C=O) groups excluding carboxylic acids is 1. The van der Waals surface area contributed by atoms with Crippen molar-refractivity contribution in [1.29, 1.82) is 0 Å². The first-order chi connectivity index (χ1) is 15.0. The number of rotatable bonds is 7. The van der Waals surface area contributed by atoms with E-state index in [-0.39, 0.29) is 24.4 Å². The van der Waals surface area contributed by atoms with Crippen molar-refractivity contribution in [2.75, 3.05) is 20.3 Å². The summed E-state index contributed by atoms with van der Waals surface area (Å²) in [5.74, 6) is 0.571. The van der Waals surface area contributed by atoms with E-state index >= 15 is 0 Å². The molecule has 1 atom stereocenters. The van der Waals surface area contributed by atoms with Gasteiger partial charge in [0.05, 0.1) is 24.7 Å². The van der Waals surface area contributed by atoms with Crippen LogP contribution in [-0.4, -0.2) is 41.5 Å². The van der Waals surface area contributed by atoms with Crippen LogP contribution in [0.25, 0.3) is 6.08 Å². The van der Waals surface area contributed by atoms with Crippen LogP contribution in [0.2, 0.25) is 0 Å². The summed E-state index contributed by atoms with van der Waals surface area (Å²) in [5.41, 5.74) is 1.25. The van der Waals surface area contributed by atoms with Crippen LogP contribution in [0.5, 0.6) is 11.5 Å². The van der Waals surface area contributed by atoms with E-state index in [9.17, 15) is 9.18 Å². The highest BCUT2D eigenvalue weighted by molar-refractivity contribution is 8.26. The van der Waals surface area contributed by atoms with Gasteiger partial charge < -0.3 is 14.2 Å². The topological polar surface area (TPSA) is 48.0 Å². The standard InChI is InChI=1S/C23H22FNO4S2/c1-27-20-11-15(8-9-19(20)29-14-16-5-2-3-7-18(16)24)12-21-22(26)25(23(30)31-21)13-17-6-4-10-28-17/h2-3,5,7-9,11-12,17H,4,6,10,13-14H2,1H3/b21-12-/t17-/m0/s1. The second-order valence-electron chi connectivity index (χ2n) is 7.22. The third-order valence-corrected chi connectivity index (χ3v) is 6.49. The van der Waals surface area contributed by atoms with Crippen molar-refractivity contribution in [2.45, 2.75) is 25.6 Å². The van der Waals surface area contributed by atoms with Crippen molar-refractivity contribution < 1.29 is 23.4 Å². The maximum atomic E-state index is 13.8. The Morgan fingerprint density at radius 2 is 2.13 bits per heavy atom. The largest absolute Gasteiger partial charge is 0.493 e. The lowest BCUT2D eigenvalue weighted by Gasteiger charge is -2.18. The predicted molar refractivity (Wildman–Crippen MR) is 123 cm³/mol. The second kappa shape index (κ2) is 9.80. The third kappa shape index (κ3) is 5.08. The van der Waals surface area contributed by atoms with Gasteiger partial charge in [0, 0.05) is 12.2 Å². The number of halogens is 1. The van der Waals surface area contributed by atoms with Gasteiger partial charge in [-0.05, 0) is 42.7 Å². The first-order valence-electron chi connectivity index (χ1n) is 9.96. The highest BCUT2D eigenvalue weighted by Crippen LogP contribution is 2.35. The Bertz CT molecular complexity index is 1020. The zero-order valence-electron chi connectivity index (χ0n) is 17.0. The number of methoxy groups -OCH3 is 1. The molecule has 1 amide bonds. The minimum absolute atomic E-state index is 0.0489. The number of hydrogen-bond donors (Lipinski definition) is 0. The monoisotopic (exact) mass is 459 g/mol. The molecule has 5 nitrogen and oxygen atoms in total. The molecule has 0 aliphatic carbocycles. The Hall–Kier alpha value is -2.42. The molecule has 2 aliphatic rings. The van der Waals surface area contributed by atoms with Crippen LogP contribution in [0.4, 0.5) is 4.39 Å². The molecule has 2 heterocycles. The van der Waals surface area contributed by atoms with Crippen molar-refractivity contribution in [2.24, 2.45) is 0 Å². The number of hydrogen-bond acceptors (Lipinski definition) is 6. The molecule has 2 aliphatic heterocycles. The summed E-state index contributed by atoms with van der Waals surface area (Å²) in [4.78, 5) is 15.0. The summed E-state index contributed by atoms with van der Waals surface area (Å²) >= 11 is 6.69. The summed E-state index contributed by atoms with van der Waals surface area (Å²) in [6.07, 6.45) is 3.80. The maximum absolute atomic E-state index is 13.8. The van der Waals surface area contributed by atoms with Gasteiger partial charge in [0.15, 0.2) is 11.5 Å². The fraction of sp³-hybridized carbons (Fsp3) is 0.304. The maximum Gasteiger partial charge on any atom is 0.266 e.